The minimum absolute atomic E-state index is 0.142. The van der Waals surface area contributed by atoms with Crippen molar-refractivity contribution in [1.29, 1.82) is 0 Å². The van der Waals surface area contributed by atoms with E-state index in [-0.39, 0.29) is 17.9 Å². The van der Waals surface area contributed by atoms with Crippen LogP contribution in [-0.2, 0) is 0 Å². The standard InChI is InChI=1S/C13H19NO4/c1-3-4-9(15)8-14-13(17)11-6-5-10(18-2)7-12(11)16/h5-7,9,15-16H,3-4,8H2,1-2H3,(H,14,17). The van der Waals surface area contributed by atoms with Crippen molar-refractivity contribution in [3.05, 3.63) is 23.8 Å². The predicted octanol–water partition coefficient (Wildman–Crippen LogP) is 1.29. The summed E-state index contributed by atoms with van der Waals surface area (Å²) in [5, 5.41) is 21.7. The molecule has 100 valence electrons. The number of hydrogen-bond donors (Lipinski definition) is 3. The molecule has 1 rings (SSSR count). The van der Waals surface area contributed by atoms with Crippen LogP contribution in [0.5, 0.6) is 11.5 Å². The highest BCUT2D eigenvalue weighted by atomic mass is 16.5. The van der Waals surface area contributed by atoms with Crippen LogP contribution in [0.2, 0.25) is 0 Å². The van der Waals surface area contributed by atoms with Crippen LogP contribution in [0.4, 0.5) is 0 Å². The summed E-state index contributed by atoms with van der Waals surface area (Å²) in [6.07, 6.45) is 0.930. The number of methoxy groups -OCH3 is 1. The number of phenols is 1. The Morgan fingerprint density at radius 1 is 1.50 bits per heavy atom. The molecule has 0 spiro atoms. The van der Waals surface area contributed by atoms with Crippen LogP contribution in [-0.4, -0.2) is 35.9 Å². The second-order valence-electron chi connectivity index (χ2n) is 4.04. The molecule has 0 saturated heterocycles. The SMILES string of the molecule is CCCC(O)CNC(=O)c1ccc(OC)cc1O. The number of amides is 1. The van der Waals surface area contributed by atoms with Crippen LogP contribution < -0.4 is 10.1 Å². The first-order chi connectivity index (χ1) is 8.58. The molecule has 0 bridgehead atoms. The van der Waals surface area contributed by atoms with Gasteiger partial charge in [0.2, 0.25) is 0 Å². The number of aliphatic hydroxyl groups excluding tert-OH is 1. The second kappa shape index (κ2) is 6.86. The summed E-state index contributed by atoms with van der Waals surface area (Å²) in [4.78, 5) is 11.8. The maximum absolute atomic E-state index is 11.8. The number of hydrogen-bond acceptors (Lipinski definition) is 4. The average Bonchev–Trinajstić information content (AvgIpc) is 2.36. The lowest BCUT2D eigenvalue weighted by molar-refractivity contribution is 0.0907. The monoisotopic (exact) mass is 253 g/mol. The minimum atomic E-state index is -0.556. The van der Waals surface area contributed by atoms with Crippen molar-refractivity contribution in [2.45, 2.75) is 25.9 Å². The Balaban J connectivity index is 2.61. The summed E-state index contributed by atoms with van der Waals surface area (Å²) in [5.41, 5.74) is 0.166. The number of ether oxygens (including phenoxy) is 1. The summed E-state index contributed by atoms with van der Waals surface area (Å²) < 4.78 is 4.93. The van der Waals surface area contributed by atoms with E-state index in [0.29, 0.717) is 12.2 Å². The topological polar surface area (TPSA) is 78.8 Å². The lowest BCUT2D eigenvalue weighted by atomic mass is 10.1. The molecule has 5 heteroatoms. The highest BCUT2D eigenvalue weighted by molar-refractivity contribution is 5.97. The molecule has 0 aliphatic carbocycles. The van der Waals surface area contributed by atoms with E-state index in [1.165, 1.54) is 19.2 Å². The van der Waals surface area contributed by atoms with Gasteiger partial charge in [-0.2, -0.15) is 0 Å². The van der Waals surface area contributed by atoms with Gasteiger partial charge < -0.3 is 20.3 Å². The summed E-state index contributed by atoms with van der Waals surface area (Å²) >= 11 is 0. The fourth-order valence-corrected chi connectivity index (χ4v) is 1.57. The van der Waals surface area contributed by atoms with E-state index in [2.05, 4.69) is 5.32 Å². The molecule has 1 aromatic rings. The van der Waals surface area contributed by atoms with E-state index in [4.69, 9.17) is 4.74 Å². The molecule has 0 radical (unpaired) electrons. The van der Waals surface area contributed by atoms with Gasteiger partial charge in [-0.25, -0.2) is 0 Å². The van der Waals surface area contributed by atoms with E-state index in [0.717, 1.165) is 6.42 Å². The Hall–Kier alpha value is -1.75. The van der Waals surface area contributed by atoms with Crippen LogP contribution in [0.25, 0.3) is 0 Å². The number of nitrogens with one attached hydrogen (secondary N) is 1. The number of carbonyl (C=O) groups is 1. The maximum Gasteiger partial charge on any atom is 0.255 e. The molecule has 0 fully saturated rings. The Morgan fingerprint density at radius 2 is 2.22 bits per heavy atom. The molecule has 0 saturated carbocycles. The third-order valence-corrected chi connectivity index (χ3v) is 2.57. The highest BCUT2D eigenvalue weighted by Gasteiger charge is 2.13. The number of aromatic hydroxyl groups is 1. The number of carbonyl (C=O) groups excluding carboxylic acids is 1. The van der Waals surface area contributed by atoms with Crippen molar-refractivity contribution in [2.75, 3.05) is 13.7 Å². The van der Waals surface area contributed by atoms with Gasteiger partial charge >= 0.3 is 0 Å². The average molecular weight is 253 g/mol. The van der Waals surface area contributed by atoms with Gasteiger partial charge in [-0.15, -0.1) is 0 Å². The maximum atomic E-state index is 11.8. The van der Waals surface area contributed by atoms with Crippen LogP contribution in [0.1, 0.15) is 30.1 Å². The molecule has 0 aromatic heterocycles. The Bertz CT molecular complexity index is 406. The quantitative estimate of drug-likeness (QED) is 0.714. The Morgan fingerprint density at radius 3 is 2.78 bits per heavy atom. The zero-order valence-electron chi connectivity index (χ0n) is 10.6. The predicted molar refractivity (Wildman–Crippen MR) is 67.9 cm³/mol. The van der Waals surface area contributed by atoms with Crippen LogP contribution in [0.15, 0.2) is 18.2 Å². The minimum Gasteiger partial charge on any atom is -0.507 e. The number of rotatable bonds is 6. The van der Waals surface area contributed by atoms with Gasteiger partial charge in [0.15, 0.2) is 0 Å². The molecule has 0 heterocycles. The van der Waals surface area contributed by atoms with Crippen LogP contribution in [0, 0.1) is 0 Å². The molecule has 1 aromatic carbocycles. The summed E-state index contributed by atoms with van der Waals surface area (Å²) in [7, 11) is 1.48. The normalized spacial score (nSPS) is 11.9. The smallest absolute Gasteiger partial charge is 0.255 e. The van der Waals surface area contributed by atoms with Gasteiger partial charge in [0.1, 0.15) is 11.5 Å². The molecular formula is C13H19NO4. The van der Waals surface area contributed by atoms with Gasteiger partial charge in [-0.05, 0) is 18.6 Å². The first-order valence-electron chi connectivity index (χ1n) is 5.91. The molecule has 5 nitrogen and oxygen atoms in total. The van der Waals surface area contributed by atoms with E-state index in [1.54, 1.807) is 6.07 Å². The lowest BCUT2D eigenvalue weighted by Crippen LogP contribution is -2.32. The third kappa shape index (κ3) is 3.92. The van der Waals surface area contributed by atoms with E-state index < -0.39 is 12.0 Å². The number of benzene rings is 1. The molecule has 18 heavy (non-hydrogen) atoms. The first kappa shape index (κ1) is 14.3. The van der Waals surface area contributed by atoms with E-state index >= 15 is 0 Å². The molecule has 3 N–H and O–H groups in total. The van der Waals surface area contributed by atoms with Gasteiger partial charge in [0.05, 0.1) is 18.8 Å². The van der Waals surface area contributed by atoms with E-state index in [9.17, 15) is 15.0 Å². The van der Waals surface area contributed by atoms with Gasteiger partial charge in [0.25, 0.3) is 5.91 Å². The van der Waals surface area contributed by atoms with Crippen molar-refractivity contribution in [3.63, 3.8) is 0 Å². The molecule has 1 unspecified atom stereocenters. The van der Waals surface area contributed by atoms with Crippen molar-refractivity contribution in [2.24, 2.45) is 0 Å². The fraction of sp³-hybridized carbons (Fsp3) is 0.462. The molecule has 0 aliphatic rings. The van der Waals surface area contributed by atoms with Crippen LogP contribution in [0.3, 0.4) is 0 Å². The largest absolute Gasteiger partial charge is 0.507 e. The fourth-order valence-electron chi connectivity index (χ4n) is 1.57. The second-order valence-corrected chi connectivity index (χ2v) is 4.04. The number of phenolic OH excluding ortho intramolecular Hbond substituents is 1. The zero-order valence-corrected chi connectivity index (χ0v) is 10.6. The van der Waals surface area contributed by atoms with Gasteiger partial charge in [-0.3, -0.25) is 4.79 Å². The van der Waals surface area contributed by atoms with E-state index in [1.807, 2.05) is 6.92 Å². The van der Waals surface area contributed by atoms with Crippen molar-refractivity contribution in [1.82, 2.24) is 5.32 Å². The van der Waals surface area contributed by atoms with Gasteiger partial charge in [-0.1, -0.05) is 13.3 Å². The Kier molecular flexibility index (Phi) is 5.45. The summed E-state index contributed by atoms with van der Waals surface area (Å²) in [6, 6.07) is 4.45. The molecule has 0 aliphatic heterocycles. The van der Waals surface area contributed by atoms with Crippen molar-refractivity contribution >= 4 is 5.91 Å². The molecule has 1 atom stereocenters. The van der Waals surface area contributed by atoms with Gasteiger partial charge in [0, 0.05) is 12.6 Å². The summed E-state index contributed by atoms with van der Waals surface area (Å²) in [6.45, 7) is 2.14. The van der Waals surface area contributed by atoms with Crippen LogP contribution >= 0.6 is 0 Å². The van der Waals surface area contributed by atoms with Crippen molar-refractivity contribution in [3.8, 4) is 11.5 Å². The highest BCUT2D eigenvalue weighted by Crippen LogP contribution is 2.23. The Labute approximate surface area is 106 Å². The van der Waals surface area contributed by atoms with Crippen molar-refractivity contribution < 1.29 is 19.7 Å². The molecule has 1 amide bonds. The summed E-state index contributed by atoms with van der Waals surface area (Å²) in [5.74, 6) is -0.0720. The zero-order chi connectivity index (χ0) is 13.5. The lowest BCUT2D eigenvalue weighted by Gasteiger charge is -2.11. The third-order valence-electron chi connectivity index (χ3n) is 2.57. The first-order valence-corrected chi connectivity index (χ1v) is 5.91. The molecular weight excluding hydrogens is 234 g/mol. The number of aliphatic hydroxyl groups is 1.